The Morgan fingerprint density at radius 1 is 0.938 bits per heavy atom. The number of aromatic nitrogens is 5. The van der Waals surface area contributed by atoms with Crippen molar-refractivity contribution in [3.05, 3.63) is 54.9 Å². The number of nitrogen functional groups attached to an aromatic ring is 1. The normalized spacial score (nSPS) is 15.1. The lowest BCUT2D eigenvalue weighted by Gasteiger charge is -2.34. The molecule has 5 aromatic rings. The average Bonchev–Trinajstić information content (AvgIpc) is 3.43. The van der Waals surface area contributed by atoms with Gasteiger partial charge in [0.25, 0.3) is 0 Å². The van der Waals surface area contributed by atoms with Crippen LogP contribution in [-0.2, 0) is 0 Å². The molecule has 4 N–H and O–H groups in total. The molecule has 2 aromatic carbocycles. The second-order valence-corrected chi connectivity index (χ2v) is 8.39. The van der Waals surface area contributed by atoms with Crippen LogP contribution >= 0.6 is 0 Å². The number of fused-ring (bicyclic) bond motifs is 2. The lowest BCUT2D eigenvalue weighted by molar-refractivity contribution is 0.313. The van der Waals surface area contributed by atoms with Gasteiger partial charge in [-0.15, -0.1) is 0 Å². The van der Waals surface area contributed by atoms with E-state index >= 15 is 0 Å². The van der Waals surface area contributed by atoms with Crippen molar-refractivity contribution in [1.29, 1.82) is 0 Å². The van der Waals surface area contributed by atoms with Crippen molar-refractivity contribution in [1.82, 2.24) is 30.0 Å². The van der Waals surface area contributed by atoms with E-state index in [9.17, 15) is 0 Å². The van der Waals surface area contributed by atoms with Crippen LogP contribution in [-0.4, -0.2) is 63.3 Å². The summed E-state index contributed by atoms with van der Waals surface area (Å²) in [7, 11) is 2.17. The summed E-state index contributed by atoms with van der Waals surface area (Å²) in [6.07, 6.45) is 3.47. The van der Waals surface area contributed by atoms with Gasteiger partial charge in [0.05, 0.1) is 22.4 Å². The number of imidazole rings is 1. The second kappa shape index (κ2) is 7.35. The molecule has 0 saturated carbocycles. The molecule has 8 nitrogen and oxygen atoms in total. The maximum Gasteiger partial charge on any atom is 0.159 e. The van der Waals surface area contributed by atoms with Gasteiger partial charge in [0.1, 0.15) is 11.2 Å². The third-order valence-corrected chi connectivity index (χ3v) is 6.22. The highest BCUT2D eigenvalue weighted by Crippen LogP contribution is 2.33. The number of nitrogens with zero attached hydrogens (tertiary/aromatic N) is 5. The molecular weight excluding hydrogens is 400 g/mol. The predicted molar refractivity (Wildman–Crippen MR) is 129 cm³/mol. The molecule has 0 aliphatic carbocycles. The minimum atomic E-state index is 0.642. The summed E-state index contributed by atoms with van der Waals surface area (Å²) in [5.41, 5.74) is 13.5. The fourth-order valence-electron chi connectivity index (χ4n) is 4.42. The minimum Gasteiger partial charge on any atom is -0.397 e. The molecular formula is C24H24N8. The van der Waals surface area contributed by atoms with E-state index in [4.69, 9.17) is 10.7 Å². The standard InChI is InChI=1S/C24H24N8/c1-31-7-9-32(10-8-31)21-4-2-3-20-23(21)28-24(27-20)22-18-12-15(5-6-19(18)29-30-22)16-11-17(25)14-26-13-16/h2-6,11-14H,7-10,25H2,1H3,(H,27,28)(H,29,30). The van der Waals surface area contributed by atoms with Crippen molar-refractivity contribution in [2.45, 2.75) is 0 Å². The molecule has 8 heteroatoms. The maximum absolute atomic E-state index is 5.93. The number of pyridine rings is 1. The number of anilines is 2. The van der Waals surface area contributed by atoms with E-state index in [1.54, 1.807) is 6.20 Å². The lowest BCUT2D eigenvalue weighted by Crippen LogP contribution is -2.44. The highest BCUT2D eigenvalue weighted by molar-refractivity contribution is 5.97. The summed E-state index contributed by atoms with van der Waals surface area (Å²) in [4.78, 5) is 17.5. The van der Waals surface area contributed by atoms with Crippen LogP contribution in [0.2, 0.25) is 0 Å². The van der Waals surface area contributed by atoms with Crippen LogP contribution in [0.4, 0.5) is 11.4 Å². The zero-order valence-electron chi connectivity index (χ0n) is 17.8. The molecule has 0 radical (unpaired) electrons. The van der Waals surface area contributed by atoms with E-state index in [1.807, 2.05) is 24.4 Å². The zero-order valence-corrected chi connectivity index (χ0v) is 17.8. The number of aromatic amines is 2. The Balaban J connectivity index is 1.44. The molecule has 0 atom stereocenters. The third-order valence-electron chi connectivity index (χ3n) is 6.22. The van der Waals surface area contributed by atoms with Crippen LogP contribution in [0.25, 0.3) is 44.6 Å². The van der Waals surface area contributed by atoms with Crippen LogP contribution in [0.1, 0.15) is 0 Å². The number of benzene rings is 2. The highest BCUT2D eigenvalue weighted by atomic mass is 15.3. The Hall–Kier alpha value is -3.91. The first-order valence-electron chi connectivity index (χ1n) is 10.8. The molecule has 1 saturated heterocycles. The Bertz CT molecular complexity index is 1420. The number of nitrogens with two attached hydrogens (primary N) is 1. The summed E-state index contributed by atoms with van der Waals surface area (Å²) < 4.78 is 0. The fourth-order valence-corrected chi connectivity index (χ4v) is 4.42. The van der Waals surface area contributed by atoms with Crippen molar-refractivity contribution in [3.8, 4) is 22.6 Å². The number of hydrogen-bond donors (Lipinski definition) is 3. The Labute approximate surface area is 185 Å². The number of piperazine rings is 1. The number of hydrogen-bond acceptors (Lipinski definition) is 6. The molecule has 160 valence electrons. The highest BCUT2D eigenvalue weighted by Gasteiger charge is 2.20. The first-order chi connectivity index (χ1) is 15.7. The molecule has 6 rings (SSSR count). The summed E-state index contributed by atoms with van der Waals surface area (Å²) in [6.45, 7) is 4.11. The van der Waals surface area contributed by atoms with Gasteiger partial charge in [-0.25, -0.2) is 4.98 Å². The molecule has 1 aliphatic rings. The lowest BCUT2D eigenvalue weighted by atomic mass is 10.0. The number of nitrogens with one attached hydrogen (secondary N) is 2. The van der Waals surface area contributed by atoms with Gasteiger partial charge in [0, 0.05) is 49.5 Å². The maximum atomic E-state index is 5.93. The Morgan fingerprint density at radius 3 is 2.66 bits per heavy atom. The van der Waals surface area contributed by atoms with E-state index in [1.165, 1.54) is 5.69 Å². The summed E-state index contributed by atoms with van der Waals surface area (Å²) in [5.74, 6) is 0.760. The van der Waals surface area contributed by atoms with Crippen LogP contribution in [0, 0.1) is 0 Å². The van der Waals surface area contributed by atoms with Crippen molar-refractivity contribution in [3.63, 3.8) is 0 Å². The third kappa shape index (κ3) is 3.16. The Morgan fingerprint density at radius 2 is 1.81 bits per heavy atom. The first kappa shape index (κ1) is 18.8. The van der Waals surface area contributed by atoms with E-state index in [2.05, 4.69) is 61.3 Å². The quantitative estimate of drug-likeness (QED) is 0.410. The summed E-state index contributed by atoms with van der Waals surface area (Å²) in [6, 6.07) is 14.4. The van der Waals surface area contributed by atoms with Gasteiger partial charge in [-0.2, -0.15) is 5.10 Å². The van der Waals surface area contributed by atoms with Crippen LogP contribution in [0.3, 0.4) is 0 Å². The van der Waals surface area contributed by atoms with Crippen molar-refractivity contribution in [2.24, 2.45) is 0 Å². The van der Waals surface area contributed by atoms with Gasteiger partial charge in [-0.3, -0.25) is 10.1 Å². The minimum absolute atomic E-state index is 0.642. The van der Waals surface area contributed by atoms with E-state index in [-0.39, 0.29) is 0 Å². The van der Waals surface area contributed by atoms with Gasteiger partial charge in [-0.1, -0.05) is 12.1 Å². The monoisotopic (exact) mass is 424 g/mol. The largest absolute Gasteiger partial charge is 0.397 e. The van der Waals surface area contributed by atoms with E-state index < -0.39 is 0 Å². The van der Waals surface area contributed by atoms with Gasteiger partial charge in [0.15, 0.2) is 5.82 Å². The van der Waals surface area contributed by atoms with Gasteiger partial charge < -0.3 is 20.5 Å². The number of rotatable bonds is 3. The van der Waals surface area contributed by atoms with Gasteiger partial charge >= 0.3 is 0 Å². The van der Waals surface area contributed by atoms with E-state index in [0.29, 0.717) is 5.69 Å². The molecule has 32 heavy (non-hydrogen) atoms. The van der Waals surface area contributed by atoms with Crippen molar-refractivity contribution < 1.29 is 0 Å². The number of likely N-dealkylation sites (N-methyl/N-ethyl adjacent to an activating group) is 1. The van der Waals surface area contributed by atoms with Crippen molar-refractivity contribution >= 4 is 33.3 Å². The molecule has 0 spiro atoms. The molecule has 0 bridgehead atoms. The van der Waals surface area contributed by atoms with E-state index in [0.717, 1.165) is 70.8 Å². The van der Waals surface area contributed by atoms with Crippen LogP contribution in [0.5, 0.6) is 0 Å². The molecule has 3 aromatic heterocycles. The number of H-pyrrole nitrogens is 2. The SMILES string of the molecule is CN1CCN(c2cccc3[nH]c(-c4n[nH]c5ccc(-c6cncc(N)c6)cc45)nc23)CC1. The first-order valence-corrected chi connectivity index (χ1v) is 10.8. The van der Waals surface area contributed by atoms with Gasteiger partial charge in [-0.05, 0) is 42.9 Å². The second-order valence-electron chi connectivity index (χ2n) is 8.39. The Kier molecular flexibility index (Phi) is 4.32. The average molecular weight is 425 g/mol. The predicted octanol–water partition coefficient (Wildman–Crippen LogP) is 3.50. The molecule has 4 heterocycles. The molecule has 0 unspecified atom stereocenters. The topological polar surface area (TPSA) is 103 Å². The molecule has 1 aliphatic heterocycles. The molecule has 0 amide bonds. The van der Waals surface area contributed by atoms with Crippen LogP contribution < -0.4 is 10.6 Å². The molecule has 1 fully saturated rings. The fraction of sp³-hybridized carbons (Fsp3) is 0.208. The van der Waals surface area contributed by atoms with Gasteiger partial charge in [0.2, 0.25) is 0 Å². The van der Waals surface area contributed by atoms with Crippen molar-refractivity contribution in [2.75, 3.05) is 43.9 Å². The number of para-hydroxylation sites is 1. The summed E-state index contributed by atoms with van der Waals surface area (Å²) >= 11 is 0. The zero-order chi connectivity index (χ0) is 21.7. The van der Waals surface area contributed by atoms with Crippen LogP contribution in [0.15, 0.2) is 54.9 Å². The smallest absolute Gasteiger partial charge is 0.159 e. The summed E-state index contributed by atoms with van der Waals surface area (Å²) in [5, 5.41) is 8.73.